The SMILES string of the molecule is c1ccc(-c2cccc(N(c3ccc(-c4ccc5c(c4)oc4cc6nc(-c7ccccc7)oc6cc45)cc3)c3cc4ccccc4c4ccccc34)c2)cc1. The Morgan fingerprint density at radius 3 is 1.80 bits per heavy atom. The van der Waals surface area contributed by atoms with E-state index in [9.17, 15) is 0 Å². The van der Waals surface area contributed by atoms with Gasteiger partial charge in [-0.2, -0.15) is 0 Å². The van der Waals surface area contributed by atoms with Gasteiger partial charge in [-0.25, -0.2) is 4.98 Å². The van der Waals surface area contributed by atoms with Gasteiger partial charge in [0, 0.05) is 39.2 Å². The maximum absolute atomic E-state index is 6.45. The van der Waals surface area contributed by atoms with E-state index in [1.54, 1.807) is 0 Å². The average molecular weight is 705 g/mol. The molecule has 0 saturated carbocycles. The molecule has 0 aliphatic rings. The molecule has 0 aliphatic carbocycles. The van der Waals surface area contributed by atoms with Gasteiger partial charge in [-0.05, 0) is 99.1 Å². The molecule has 2 aromatic heterocycles. The first-order valence-corrected chi connectivity index (χ1v) is 18.5. The maximum atomic E-state index is 6.45. The predicted molar refractivity (Wildman–Crippen MR) is 227 cm³/mol. The maximum Gasteiger partial charge on any atom is 0.227 e. The van der Waals surface area contributed by atoms with Crippen LogP contribution in [0.3, 0.4) is 0 Å². The number of hydrogen-bond donors (Lipinski definition) is 0. The van der Waals surface area contributed by atoms with Crippen LogP contribution >= 0.6 is 0 Å². The van der Waals surface area contributed by atoms with Gasteiger partial charge in [-0.3, -0.25) is 0 Å². The monoisotopic (exact) mass is 704 g/mol. The number of hydrogen-bond acceptors (Lipinski definition) is 4. The summed E-state index contributed by atoms with van der Waals surface area (Å²) in [6.45, 7) is 0. The third-order valence-electron chi connectivity index (χ3n) is 10.7. The van der Waals surface area contributed by atoms with E-state index in [1.165, 1.54) is 32.7 Å². The van der Waals surface area contributed by atoms with Crippen LogP contribution in [0.1, 0.15) is 0 Å². The van der Waals surface area contributed by atoms with Crippen molar-refractivity contribution in [2.45, 2.75) is 0 Å². The molecule has 4 heteroatoms. The number of fused-ring (bicyclic) bond motifs is 7. The molecule has 0 unspecified atom stereocenters. The molecule has 0 fully saturated rings. The fraction of sp³-hybridized carbons (Fsp3) is 0. The van der Waals surface area contributed by atoms with Crippen molar-refractivity contribution in [3.05, 3.63) is 194 Å². The second kappa shape index (κ2) is 12.6. The largest absolute Gasteiger partial charge is 0.456 e. The molecule has 0 saturated heterocycles. The Labute approximate surface area is 317 Å². The molecule has 11 aromatic rings. The molecule has 4 nitrogen and oxygen atoms in total. The second-order valence-corrected chi connectivity index (χ2v) is 14.0. The molecule has 0 atom stereocenters. The van der Waals surface area contributed by atoms with E-state index in [0.29, 0.717) is 5.89 Å². The van der Waals surface area contributed by atoms with Gasteiger partial charge in [-0.1, -0.05) is 127 Å². The topological polar surface area (TPSA) is 42.4 Å². The quantitative estimate of drug-likeness (QED) is 0.162. The third-order valence-corrected chi connectivity index (χ3v) is 10.7. The lowest BCUT2D eigenvalue weighted by atomic mass is 9.98. The number of furan rings is 1. The minimum absolute atomic E-state index is 0.606. The Morgan fingerprint density at radius 2 is 0.982 bits per heavy atom. The van der Waals surface area contributed by atoms with Gasteiger partial charge >= 0.3 is 0 Å². The highest BCUT2D eigenvalue weighted by Gasteiger charge is 2.19. The highest BCUT2D eigenvalue weighted by atomic mass is 16.4. The van der Waals surface area contributed by atoms with Gasteiger partial charge in [0.05, 0.1) is 5.69 Å². The second-order valence-electron chi connectivity index (χ2n) is 14.0. The van der Waals surface area contributed by atoms with Gasteiger partial charge in [0.15, 0.2) is 5.58 Å². The molecular formula is C51H32N2O2. The van der Waals surface area contributed by atoms with Crippen LogP contribution in [0.5, 0.6) is 0 Å². The number of rotatable bonds is 6. The van der Waals surface area contributed by atoms with E-state index in [-0.39, 0.29) is 0 Å². The smallest absolute Gasteiger partial charge is 0.227 e. The van der Waals surface area contributed by atoms with E-state index in [2.05, 4.69) is 157 Å². The van der Waals surface area contributed by atoms with E-state index in [4.69, 9.17) is 13.8 Å². The van der Waals surface area contributed by atoms with Crippen molar-refractivity contribution in [3.8, 4) is 33.7 Å². The van der Waals surface area contributed by atoms with Crippen LogP contribution in [0, 0.1) is 0 Å². The molecule has 0 N–H and O–H groups in total. The minimum Gasteiger partial charge on any atom is -0.456 e. The summed E-state index contributed by atoms with van der Waals surface area (Å²) in [5.74, 6) is 0.606. The first-order valence-electron chi connectivity index (χ1n) is 18.5. The molecule has 0 spiro atoms. The number of aromatic nitrogens is 1. The lowest BCUT2D eigenvalue weighted by Gasteiger charge is -2.28. The first kappa shape index (κ1) is 31.1. The Morgan fingerprint density at radius 1 is 0.345 bits per heavy atom. The fourth-order valence-corrected chi connectivity index (χ4v) is 7.99. The molecule has 9 aromatic carbocycles. The normalized spacial score (nSPS) is 11.6. The molecule has 258 valence electrons. The molecule has 55 heavy (non-hydrogen) atoms. The van der Waals surface area contributed by atoms with Crippen molar-refractivity contribution in [1.29, 1.82) is 0 Å². The van der Waals surface area contributed by atoms with Crippen LogP contribution in [0.25, 0.3) is 88.3 Å². The molecular weight excluding hydrogens is 673 g/mol. The summed E-state index contributed by atoms with van der Waals surface area (Å²) in [6.07, 6.45) is 0. The van der Waals surface area contributed by atoms with Gasteiger partial charge in [0.2, 0.25) is 5.89 Å². The molecule has 0 amide bonds. The summed E-state index contributed by atoms with van der Waals surface area (Å²) in [4.78, 5) is 7.14. The zero-order valence-electron chi connectivity index (χ0n) is 29.7. The number of oxazole rings is 1. The van der Waals surface area contributed by atoms with Gasteiger partial charge in [-0.15, -0.1) is 0 Å². The van der Waals surface area contributed by atoms with Gasteiger partial charge in [0.25, 0.3) is 0 Å². The predicted octanol–water partition coefficient (Wildman–Crippen LogP) is 14.5. The average Bonchev–Trinajstić information content (AvgIpc) is 3.84. The molecule has 0 aliphatic heterocycles. The number of nitrogens with zero attached hydrogens (tertiary/aromatic N) is 2. The van der Waals surface area contributed by atoms with Crippen LogP contribution in [-0.2, 0) is 0 Å². The minimum atomic E-state index is 0.606. The summed E-state index contributed by atoms with van der Waals surface area (Å²) in [6, 6.07) is 68.4. The third kappa shape index (κ3) is 5.34. The zero-order chi connectivity index (χ0) is 36.3. The van der Waals surface area contributed by atoms with Crippen LogP contribution in [0.4, 0.5) is 17.1 Å². The number of benzene rings is 9. The van der Waals surface area contributed by atoms with Crippen molar-refractivity contribution < 1.29 is 8.83 Å². The Kier molecular flexibility index (Phi) is 7.14. The van der Waals surface area contributed by atoms with Crippen LogP contribution in [0.2, 0.25) is 0 Å². The van der Waals surface area contributed by atoms with Crippen molar-refractivity contribution in [3.63, 3.8) is 0 Å². The fourth-order valence-electron chi connectivity index (χ4n) is 7.99. The van der Waals surface area contributed by atoms with E-state index in [0.717, 1.165) is 66.8 Å². The van der Waals surface area contributed by atoms with E-state index < -0.39 is 0 Å². The van der Waals surface area contributed by atoms with Crippen molar-refractivity contribution >= 4 is 71.6 Å². The highest BCUT2D eigenvalue weighted by molar-refractivity contribution is 6.15. The summed E-state index contributed by atoms with van der Waals surface area (Å²) >= 11 is 0. The molecule has 11 rings (SSSR count). The Bertz CT molecular complexity index is 3200. The van der Waals surface area contributed by atoms with Crippen molar-refractivity contribution in [1.82, 2.24) is 4.98 Å². The standard InChI is InChI=1S/C51H32N2O2/c1-3-12-33(13-4-1)36-17-11-18-40(28-36)53(47-29-38-16-7-8-19-41(38)42-20-9-10-21-43(42)47)39-25-22-34(23-26-39)37-24-27-44-45-31-50-46(32-49(45)54-48(44)30-37)52-51(55-50)35-14-5-2-6-15-35/h1-32H. The molecule has 0 radical (unpaired) electrons. The summed E-state index contributed by atoms with van der Waals surface area (Å²) in [7, 11) is 0. The summed E-state index contributed by atoms with van der Waals surface area (Å²) in [5.41, 5.74) is 11.9. The van der Waals surface area contributed by atoms with Crippen molar-refractivity contribution in [2.75, 3.05) is 4.90 Å². The summed E-state index contributed by atoms with van der Waals surface area (Å²) < 4.78 is 12.6. The van der Waals surface area contributed by atoms with Crippen molar-refractivity contribution in [2.24, 2.45) is 0 Å². The lowest BCUT2D eigenvalue weighted by Crippen LogP contribution is -2.10. The van der Waals surface area contributed by atoms with Crippen LogP contribution in [-0.4, -0.2) is 4.98 Å². The van der Waals surface area contributed by atoms with E-state index in [1.807, 2.05) is 42.5 Å². The van der Waals surface area contributed by atoms with E-state index >= 15 is 0 Å². The Hall–Kier alpha value is -7.43. The van der Waals surface area contributed by atoms with Crippen LogP contribution < -0.4 is 4.90 Å². The van der Waals surface area contributed by atoms with Crippen LogP contribution in [0.15, 0.2) is 203 Å². The first-order chi connectivity index (χ1) is 27.2. The highest BCUT2D eigenvalue weighted by Crippen LogP contribution is 2.44. The molecule has 2 heterocycles. The lowest BCUT2D eigenvalue weighted by molar-refractivity contribution is 0.620. The zero-order valence-corrected chi connectivity index (χ0v) is 29.7. The van der Waals surface area contributed by atoms with Gasteiger partial charge in [0.1, 0.15) is 16.7 Å². The molecule has 0 bridgehead atoms. The number of anilines is 3. The Balaban J connectivity index is 1.01. The summed E-state index contributed by atoms with van der Waals surface area (Å²) in [5, 5.41) is 6.94. The van der Waals surface area contributed by atoms with Gasteiger partial charge < -0.3 is 13.7 Å².